The molecule has 0 aliphatic heterocycles. The van der Waals surface area contributed by atoms with Crippen LogP contribution >= 0.6 is 0 Å². The Morgan fingerprint density at radius 2 is 1.89 bits per heavy atom. The van der Waals surface area contributed by atoms with Gasteiger partial charge in [-0.05, 0) is 18.2 Å². The van der Waals surface area contributed by atoms with E-state index < -0.39 is 5.82 Å². The van der Waals surface area contributed by atoms with Crippen LogP contribution in [0.2, 0.25) is 0 Å². The summed E-state index contributed by atoms with van der Waals surface area (Å²) in [6.45, 7) is 0.578. The highest BCUT2D eigenvalue weighted by molar-refractivity contribution is 5.95. The van der Waals surface area contributed by atoms with Gasteiger partial charge in [-0.3, -0.25) is 4.79 Å². The number of halogens is 1. The number of nitrogen functional groups attached to an aromatic ring is 1. The molecule has 6 nitrogen and oxygen atoms in total. The predicted molar refractivity (Wildman–Crippen MR) is 70.2 cm³/mol. The molecule has 0 saturated heterocycles. The van der Waals surface area contributed by atoms with E-state index in [4.69, 9.17) is 5.73 Å². The molecule has 0 radical (unpaired) electrons. The molecule has 1 rings (SSSR count). The normalized spacial score (nSPS) is 9.84. The van der Waals surface area contributed by atoms with Crippen LogP contribution in [0.1, 0.15) is 10.4 Å². The van der Waals surface area contributed by atoms with Crippen LogP contribution in [-0.4, -0.2) is 44.0 Å². The number of nitrogens with one attached hydrogen (secondary N) is 2. The molecule has 3 amide bonds. The molecular weight excluding hydrogens is 251 g/mol. The van der Waals surface area contributed by atoms with E-state index in [1.165, 1.54) is 17.0 Å². The molecule has 7 heteroatoms. The van der Waals surface area contributed by atoms with Gasteiger partial charge in [0.1, 0.15) is 5.82 Å². The fourth-order valence-electron chi connectivity index (χ4n) is 1.29. The van der Waals surface area contributed by atoms with Crippen molar-refractivity contribution in [2.75, 3.05) is 32.9 Å². The molecule has 0 unspecified atom stereocenters. The van der Waals surface area contributed by atoms with Crippen molar-refractivity contribution in [2.45, 2.75) is 0 Å². The van der Waals surface area contributed by atoms with E-state index in [0.29, 0.717) is 6.54 Å². The summed E-state index contributed by atoms with van der Waals surface area (Å²) in [7, 11) is 3.24. The maximum absolute atomic E-state index is 12.9. The van der Waals surface area contributed by atoms with Crippen LogP contribution in [0, 0.1) is 5.82 Å². The van der Waals surface area contributed by atoms with E-state index >= 15 is 0 Å². The number of nitrogens with two attached hydrogens (primary N) is 1. The first-order valence-electron chi connectivity index (χ1n) is 5.70. The summed E-state index contributed by atoms with van der Waals surface area (Å²) in [4.78, 5) is 24.2. The highest BCUT2D eigenvalue weighted by Gasteiger charge is 2.08. The Balaban J connectivity index is 2.39. The number of urea groups is 1. The van der Waals surface area contributed by atoms with E-state index in [1.807, 2.05) is 0 Å². The summed E-state index contributed by atoms with van der Waals surface area (Å²) in [5.41, 5.74) is 5.57. The van der Waals surface area contributed by atoms with Gasteiger partial charge in [0.2, 0.25) is 0 Å². The van der Waals surface area contributed by atoms with Gasteiger partial charge in [-0.1, -0.05) is 0 Å². The second kappa shape index (κ2) is 6.58. The molecule has 0 atom stereocenters. The second-order valence-corrected chi connectivity index (χ2v) is 4.12. The van der Waals surface area contributed by atoms with Crippen molar-refractivity contribution in [2.24, 2.45) is 0 Å². The van der Waals surface area contributed by atoms with Crippen LogP contribution in [0.15, 0.2) is 18.2 Å². The topological polar surface area (TPSA) is 87.5 Å². The van der Waals surface area contributed by atoms with Crippen LogP contribution in [-0.2, 0) is 0 Å². The van der Waals surface area contributed by atoms with Gasteiger partial charge in [-0.25, -0.2) is 9.18 Å². The molecule has 0 aliphatic carbocycles. The van der Waals surface area contributed by atoms with Gasteiger partial charge < -0.3 is 21.3 Å². The molecule has 4 N–H and O–H groups in total. The van der Waals surface area contributed by atoms with Crippen molar-refractivity contribution in [3.05, 3.63) is 29.6 Å². The molecule has 0 aliphatic rings. The van der Waals surface area contributed by atoms with E-state index in [-0.39, 0.29) is 29.7 Å². The van der Waals surface area contributed by atoms with Crippen molar-refractivity contribution < 1.29 is 14.0 Å². The Bertz CT molecular complexity index is 477. The zero-order valence-electron chi connectivity index (χ0n) is 10.9. The van der Waals surface area contributed by atoms with Crippen LogP contribution in [0.5, 0.6) is 0 Å². The Morgan fingerprint density at radius 3 is 2.47 bits per heavy atom. The molecule has 0 bridgehead atoms. The number of benzene rings is 1. The Kier molecular flexibility index (Phi) is 5.11. The molecule has 0 heterocycles. The first kappa shape index (κ1) is 14.7. The molecule has 0 spiro atoms. The predicted octanol–water partition coefficient (Wildman–Crippen LogP) is 0.409. The zero-order chi connectivity index (χ0) is 14.4. The van der Waals surface area contributed by atoms with Crippen LogP contribution in [0.3, 0.4) is 0 Å². The first-order valence-corrected chi connectivity index (χ1v) is 5.70. The average Bonchev–Trinajstić information content (AvgIpc) is 2.37. The number of nitrogens with zero attached hydrogens (tertiary/aromatic N) is 1. The second-order valence-electron chi connectivity index (χ2n) is 4.12. The summed E-state index contributed by atoms with van der Waals surface area (Å²) in [5.74, 6) is -0.930. The number of hydrogen-bond acceptors (Lipinski definition) is 3. The monoisotopic (exact) mass is 268 g/mol. The molecule has 1 aromatic rings. The van der Waals surface area contributed by atoms with Crippen molar-refractivity contribution in [3.8, 4) is 0 Å². The van der Waals surface area contributed by atoms with Crippen molar-refractivity contribution in [1.29, 1.82) is 0 Å². The van der Waals surface area contributed by atoms with Gasteiger partial charge in [0.15, 0.2) is 0 Å². The third-order valence-corrected chi connectivity index (χ3v) is 2.35. The number of amides is 3. The minimum absolute atomic E-state index is 0.0754. The van der Waals surface area contributed by atoms with Gasteiger partial charge in [0, 0.05) is 32.7 Å². The van der Waals surface area contributed by atoms with Gasteiger partial charge in [0.25, 0.3) is 5.91 Å². The molecule has 0 saturated carbocycles. The lowest BCUT2D eigenvalue weighted by molar-refractivity contribution is 0.0953. The summed E-state index contributed by atoms with van der Waals surface area (Å²) >= 11 is 0. The molecular formula is C12H17FN4O2. The molecule has 0 aromatic heterocycles. The lowest BCUT2D eigenvalue weighted by Crippen LogP contribution is -2.39. The Hall–Kier alpha value is -2.31. The molecule has 19 heavy (non-hydrogen) atoms. The lowest BCUT2D eigenvalue weighted by atomic mass is 10.2. The van der Waals surface area contributed by atoms with Crippen LogP contribution < -0.4 is 16.4 Å². The highest BCUT2D eigenvalue weighted by Crippen LogP contribution is 2.11. The summed E-state index contributed by atoms with van der Waals surface area (Å²) in [6, 6.07) is 3.51. The molecule has 1 aromatic carbocycles. The fraction of sp³-hybridized carbons (Fsp3) is 0.333. The van der Waals surface area contributed by atoms with Gasteiger partial charge in [-0.2, -0.15) is 0 Å². The zero-order valence-corrected chi connectivity index (χ0v) is 10.9. The third-order valence-electron chi connectivity index (χ3n) is 2.35. The molecule has 0 fully saturated rings. The van der Waals surface area contributed by atoms with E-state index in [9.17, 15) is 14.0 Å². The summed E-state index contributed by atoms with van der Waals surface area (Å²) in [6.07, 6.45) is 0. The fourth-order valence-corrected chi connectivity index (χ4v) is 1.29. The first-order chi connectivity index (χ1) is 8.91. The number of carbonyl (C=O) groups is 2. The molecule has 104 valence electrons. The maximum atomic E-state index is 12.9. The number of anilines is 1. The van der Waals surface area contributed by atoms with Gasteiger partial charge >= 0.3 is 6.03 Å². The standard InChI is InChI=1S/C12H17FN4O2/c1-17(2)12(19)16-6-5-15-11(18)8-3-4-9(13)10(14)7-8/h3-4,7H,5-6,14H2,1-2H3,(H,15,18)(H,16,19). The summed E-state index contributed by atoms with van der Waals surface area (Å²) < 4.78 is 12.9. The largest absolute Gasteiger partial charge is 0.396 e. The quantitative estimate of drug-likeness (QED) is 0.546. The Labute approximate surface area is 110 Å². The smallest absolute Gasteiger partial charge is 0.316 e. The number of carbonyl (C=O) groups excluding carboxylic acids is 2. The van der Waals surface area contributed by atoms with E-state index in [1.54, 1.807) is 14.1 Å². The highest BCUT2D eigenvalue weighted by atomic mass is 19.1. The number of rotatable bonds is 4. The Morgan fingerprint density at radius 1 is 1.26 bits per heavy atom. The van der Waals surface area contributed by atoms with Crippen molar-refractivity contribution in [1.82, 2.24) is 15.5 Å². The van der Waals surface area contributed by atoms with Gasteiger partial charge in [0.05, 0.1) is 5.69 Å². The summed E-state index contributed by atoms with van der Waals surface area (Å²) in [5, 5.41) is 5.19. The van der Waals surface area contributed by atoms with E-state index in [2.05, 4.69) is 10.6 Å². The van der Waals surface area contributed by atoms with Crippen LogP contribution in [0.4, 0.5) is 14.9 Å². The number of hydrogen-bond donors (Lipinski definition) is 3. The minimum Gasteiger partial charge on any atom is -0.396 e. The van der Waals surface area contributed by atoms with E-state index in [0.717, 1.165) is 6.07 Å². The van der Waals surface area contributed by atoms with Crippen molar-refractivity contribution in [3.63, 3.8) is 0 Å². The average molecular weight is 268 g/mol. The minimum atomic E-state index is -0.560. The van der Waals surface area contributed by atoms with Crippen molar-refractivity contribution >= 4 is 17.6 Å². The van der Waals surface area contributed by atoms with Crippen LogP contribution in [0.25, 0.3) is 0 Å². The maximum Gasteiger partial charge on any atom is 0.316 e. The van der Waals surface area contributed by atoms with Gasteiger partial charge in [-0.15, -0.1) is 0 Å². The third kappa shape index (κ3) is 4.46. The lowest BCUT2D eigenvalue weighted by Gasteiger charge is -2.12. The SMILES string of the molecule is CN(C)C(=O)NCCNC(=O)c1ccc(F)c(N)c1.